The van der Waals surface area contributed by atoms with Gasteiger partial charge in [0.15, 0.2) is 0 Å². The minimum atomic E-state index is -0.857. The van der Waals surface area contributed by atoms with Gasteiger partial charge in [0.1, 0.15) is 12.4 Å². The molecule has 1 N–H and O–H groups in total. The highest BCUT2D eigenvalue weighted by molar-refractivity contribution is 14.1. The predicted molar refractivity (Wildman–Crippen MR) is 57.9 cm³/mol. The van der Waals surface area contributed by atoms with E-state index in [9.17, 15) is 4.79 Å². The lowest BCUT2D eigenvalue weighted by atomic mass is 10.4. The van der Waals surface area contributed by atoms with Gasteiger partial charge in [0.2, 0.25) is 0 Å². The largest absolute Gasteiger partial charge is 0.480 e. The van der Waals surface area contributed by atoms with E-state index in [2.05, 4.69) is 27.6 Å². The van der Waals surface area contributed by atoms with Crippen LogP contribution in [0, 0.1) is 3.57 Å². The fourth-order valence-electron chi connectivity index (χ4n) is 0.936. The number of carboxylic acid groups (broad SMARTS) is 1. The summed E-state index contributed by atoms with van der Waals surface area (Å²) in [6.45, 7) is -0.0347. The molecule has 1 aromatic rings. The number of halogens is 1. The number of aliphatic carboxylic acids is 1. The smallest absolute Gasteiger partial charge is 0.323 e. The van der Waals surface area contributed by atoms with E-state index in [0.29, 0.717) is 5.82 Å². The highest BCUT2D eigenvalue weighted by Crippen LogP contribution is 2.16. The van der Waals surface area contributed by atoms with Gasteiger partial charge in [0.05, 0.1) is 3.57 Å². The van der Waals surface area contributed by atoms with Crippen LogP contribution in [0.4, 0.5) is 5.82 Å². The molecular formula is C8H9IN2O2. The zero-order valence-corrected chi connectivity index (χ0v) is 9.22. The minimum Gasteiger partial charge on any atom is -0.480 e. The Labute approximate surface area is 89.7 Å². The Morgan fingerprint density at radius 1 is 1.77 bits per heavy atom. The molecule has 1 heterocycles. The van der Waals surface area contributed by atoms with Crippen LogP contribution in [-0.2, 0) is 4.79 Å². The summed E-state index contributed by atoms with van der Waals surface area (Å²) < 4.78 is 0.948. The van der Waals surface area contributed by atoms with Crippen LogP contribution in [0.5, 0.6) is 0 Å². The van der Waals surface area contributed by atoms with Crippen molar-refractivity contribution in [2.75, 3.05) is 18.5 Å². The number of nitrogens with zero attached hydrogens (tertiary/aromatic N) is 2. The molecule has 0 aliphatic rings. The van der Waals surface area contributed by atoms with Gasteiger partial charge in [-0.2, -0.15) is 0 Å². The molecule has 0 atom stereocenters. The van der Waals surface area contributed by atoms with Crippen LogP contribution in [0.1, 0.15) is 0 Å². The van der Waals surface area contributed by atoms with Crippen LogP contribution in [0.2, 0.25) is 0 Å². The molecule has 0 fully saturated rings. The molecule has 0 unspecified atom stereocenters. The van der Waals surface area contributed by atoms with Gasteiger partial charge < -0.3 is 10.0 Å². The van der Waals surface area contributed by atoms with E-state index in [1.54, 1.807) is 18.1 Å². The van der Waals surface area contributed by atoms with Crippen molar-refractivity contribution in [3.05, 3.63) is 21.9 Å². The second-order valence-electron chi connectivity index (χ2n) is 2.56. The first-order valence-electron chi connectivity index (χ1n) is 3.64. The van der Waals surface area contributed by atoms with Crippen molar-refractivity contribution < 1.29 is 9.90 Å². The van der Waals surface area contributed by atoms with E-state index in [1.165, 1.54) is 0 Å². The van der Waals surface area contributed by atoms with E-state index >= 15 is 0 Å². The molecule has 4 nitrogen and oxygen atoms in total. The molecular weight excluding hydrogens is 283 g/mol. The molecule has 0 spiro atoms. The Balaban J connectivity index is 2.82. The number of anilines is 1. The molecule has 0 aromatic carbocycles. The molecule has 0 amide bonds. The van der Waals surface area contributed by atoms with Gasteiger partial charge in [-0.25, -0.2) is 4.98 Å². The number of pyridine rings is 1. The Kier molecular flexibility index (Phi) is 3.47. The van der Waals surface area contributed by atoms with Crippen molar-refractivity contribution in [3.63, 3.8) is 0 Å². The molecule has 1 aromatic heterocycles. The van der Waals surface area contributed by atoms with E-state index in [0.717, 1.165) is 3.57 Å². The van der Waals surface area contributed by atoms with E-state index in [1.807, 2.05) is 12.1 Å². The molecule has 0 aliphatic heterocycles. The quantitative estimate of drug-likeness (QED) is 0.851. The summed E-state index contributed by atoms with van der Waals surface area (Å²) in [6, 6.07) is 3.71. The molecule has 5 heteroatoms. The maximum Gasteiger partial charge on any atom is 0.323 e. The van der Waals surface area contributed by atoms with Gasteiger partial charge in [0, 0.05) is 13.2 Å². The van der Waals surface area contributed by atoms with Crippen LogP contribution in [0.15, 0.2) is 18.3 Å². The van der Waals surface area contributed by atoms with Crippen LogP contribution in [-0.4, -0.2) is 29.7 Å². The number of likely N-dealkylation sites (N-methyl/N-ethyl adjacent to an activating group) is 1. The van der Waals surface area contributed by atoms with Gasteiger partial charge in [0.25, 0.3) is 0 Å². The molecule has 13 heavy (non-hydrogen) atoms. The van der Waals surface area contributed by atoms with Gasteiger partial charge in [-0.15, -0.1) is 0 Å². The third-order valence-electron chi connectivity index (χ3n) is 1.47. The Hall–Kier alpha value is -0.850. The normalized spacial score (nSPS) is 9.69. The summed E-state index contributed by atoms with van der Waals surface area (Å²) in [4.78, 5) is 16.1. The van der Waals surface area contributed by atoms with Crippen molar-refractivity contribution >= 4 is 34.4 Å². The molecule has 0 bridgehead atoms. The van der Waals surface area contributed by atoms with Gasteiger partial charge in [-0.1, -0.05) is 0 Å². The number of carboxylic acids is 1. The Morgan fingerprint density at radius 3 is 3.00 bits per heavy atom. The van der Waals surface area contributed by atoms with Crippen LogP contribution < -0.4 is 4.90 Å². The molecule has 1 rings (SSSR count). The first kappa shape index (κ1) is 10.2. The number of hydrogen-bond donors (Lipinski definition) is 1. The zero-order chi connectivity index (χ0) is 9.84. The second kappa shape index (κ2) is 4.40. The Bertz CT molecular complexity index is 317. The van der Waals surface area contributed by atoms with Crippen molar-refractivity contribution in [1.29, 1.82) is 0 Å². The SMILES string of the molecule is CN(CC(=O)O)c1ncccc1I. The number of hydrogen-bond acceptors (Lipinski definition) is 3. The first-order chi connectivity index (χ1) is 6.11. The van der Waals surface area contributed by atoms with Crippen LogP contribution in [0.25, 0.3) is 0 Å². The maximum atomic E-state index is 10.4. The van der Waals surface area contributed by atoms with Crippen LogP contribution in [0.3, 0.4) is 0 Å². The van der Waals surface area contributed by atoms with Crippen molar-refractivity contribution in [2.24, 2.45) is 0 Å². The molecule has 70 valence electrons. The molecule has 0 aliphatic carbocycles. The topological polar surface area (TPSA) is 53.4 Å². The average molecular weight is 292 g/mol. The van der Waals surface area contributed by atoms with Gasteiger partial charge in [-0.05, 0) is 34.7 Å². The maximum absolute atomic E-state index is 10.4. The summed E-state index contributed by atoms with van der Waals surface area (Å²) in [7, 11) is 1.71. The standard InChI is InChI=1S/C8H9IN2O2/c1-11(5-7(12)13)8-6(9)3-2-4-10-8/h2-4H,5H2,1H3,(H,12,13). The highest BCUT2D eigenvalue weighted by atomic mass is 127. The highest BCUT2D eigenvalue weighted by Gasteiger charge is 2.08. The summed E-state index contributed by atoms with van der Waals surface area (Å²) in [5, 5.41) is 8.56. The van der Waals surface area contributed by atoms with Crippen molar-refractivity contribution in [2.45, 2.75) is 0 Å². The average Bonchev–Trinajstić information content (AvgIpc) is 2.03. The number of aromatic nitrogens is 1. The van der Waals surface area contributed by atoms with Gasteiger partial charge >= 0.3 is 5.97 Å². The third-order valence-corrected chi connectivity index (χ3v) is 2.32. The molecule has 0 saturated heterocycles. The first-order valence-corrected chi connectivity index (χ1v) is 4.72. The molecule has 0 radical (unpaired) electrons. The third kappa shape index (κ3) is 2.83. The van der Waals surface area contributed by atoms with Crippen molar-refractivity contribution in [1.82, 2.24) is 4.98 Å². The summed E-state index contributed by atoms with van der Waals surface area (Å²) in [6.07, 6.45) is 1.65. The Morgan fingerprint density at radius 2 is 2.46 bits per heavy atom. The number of rotatable bonds is 3. The van der Waals surface area contributed by atoms with Crippen LogP contribution >= 0.6 is 22.6 Å². The molecule has 0 saturated carbocycles. The summed E-state index contributed by atoms with van der Waals surface area (Å²) >= 11 is 2.13. The lowest BCUT2D eigenvalue weighted by molar-refractivity contribution is -0.135. The zero-order valence-electron chi connectivity index (χ0n) is 7.07. The van der Waals surface area contributed by atoms with Gasteiger partial charge in [-0.3, -0.25) is 4.79 Å². The lowest BCUT2D eigenvalue weighted by Gasteiger charge is -2.16. The van der Waals surface area contributed by atoms with E-state index in [-0.39, 0.29) is 6.54 Å². The summed E-state index contributed by atoms with van der Waals surface area (Å²) in [5.74, 6) is -0.158. The second-order valence-corrected chi connectivity index (χ2v) is 3.72. The van der Waals surface area contributed by atoms with E-state index < -0.39 is 5.97 Å². The monoisotopic (exact) mass is 292 g/mol. The minimum absolute atomic E-state index is 0.0347. The van der Waals surface area contributed by atoms with E-state index in [4.69, 9.17) is 5.11 Å². The van der Waals surface area contributed by atoms with Crippen molar-refractivity contribution in [3.8, 4) is 0 Å². The fourth-order valence-corrected chi connectivity index (χ4v) is 1.69. The fraction of sp³-hybridized carbons (Fsp3) is 0.250. The predicted octanol–water partition coefficient (Wildman–Crippen LogP) is 1.21. The number of carbonyl (C=O) groups is 1. The summed E-state index contributed by atoms with van der Waals surface area (Å²) in [5.41, 5.74) is 0. The lowest BCUT2D eigenvalue weighted by Crippen LogP contribution is -2.26.